The van der Waals surface area contributed by atoms with Gasteiger partial charge in [-0.3, -0.25) is 9.59 Å². The highest BCUT2D eigenvalue weighted by atomic mass is 16.2. The van der Waals surface area contributed by atoms with Crippen LogP contribution in [0.2, 0.25) is 0 Å². The molecule has 1 rings (SSSR count). The van der Waals surface area contributed by atoms with Gasteiger partial charge in [-0.2, -0.15) is 0 Å². The predicted molar refractivity (Wildman–Crippen MR) is 80.8 cm³/mol. The van der Waals surface area contributed by atoms with Crippen molar-refractivity contribution in [1.29, 1.82) is 0 Å². The van der Waals surface area contributed by atoms with Gasteiger partial charge in [-0.05, 0) is 37.6 Å². The third kappa shape index (κ3) is 6.11. The highest BCUT2D eigenvalue weighted by Crippen LogP contribution is 2.09. The number of hydrogen-bond donors (Lipinski definition) is 3. The second kappa shape index (κ2) is 8.77. The average molecular weight is 288 g/mol. The lowest BCUT2D eigenvalue weighted by atomic mass is 10.1. The van der Waals surface area contributed by atoms with E-state index in [2.05, 4.69) is 22.5 Å². The summed E-state index contributed by atoms with van der Waals surface area (Å²) in [7, 11) is 0. The maximum atomic E-state index is 12.0. The summed E-state index contributed by atoms with van der Waals surface area (Å²) in [6.45, 7) is 4.36. The first-order chi connectivity index (χ1) is 10.1. The molecule has 5 nitrogen and oxygen atoms in total. The Hall–Kier alpha value is -2.32. The highest BCUT2D eigenvalue weighted by Gasteiger charge is 2.07. The van der Waals surface area contributed by atoms with Gasteiger partial charge in [-0.15, -0.1) is 0 Å². The van der Waals surface area contributed by atoms with Crippen molar-refractivity contribution in [2.24, 2.45) is 0 Å². The fourth-order valence-corrected chi connectivity index (χ4v) is 1.81. The van der Waals surface area contributed by atoms with Crippen molar-refractivity contribution in [3.05, 3.63) is 34.9 Å². The zero-order valence-electron chi connectivity index (χ0n) is 12.3. The summed E-state index contributed by atoms with van der Waals surface area (Å²) in [4.78, 5) is 23.3. The molecule has 0 atom stereocenters. The minimum atomic E-state index is -0.241. The van der Waals surface area contributed by atoms with Crippen molar-refractivity contribution in [2.45, 2.75) is 20.3 Å². The van der Waals surface area contributed by atoms with E-state index in [0.29, 0.717) is 17.7 Å². The van der Waals surface area contributed by atoms with Gasteiger partial charge in [-0.1, -0.05) is 11.8 Å². The van der Waals surface area contributed by atoms with Crippen LogP contribution in [0.1, 0.15) is 34.8 Å². The monoisotopic (exact) mass is 288 g/mol. The van der Waals surface area contributed by atoms with Crippen LogP contribution in [0.15, 0.2) is 18.2 Å². The molecule has 0 radical (unpaired) electrons. The number of hydrogen-bond acceptors (Lipinski definition) is 3. The van der Waals surface area contributed by atoms with Gasteiger partial charge in [0.1, 0.15) is 6.61 Å². The maximum Gasteiger partial charge on any atom is 0.251 e. The number of rotatable bonds is 5. The van der Waals surface area contributed by atoms with E-state index in [1.54, 1.807) is 12.1 Å². The van der Waals surface area contributed by atoms with Gasteiger partial charge in [0.25, 0.3) is 5.91 Å². The Bertz CT molecular complexity index is 571. The molecule has 1 aromatic carbocycles. The van der Waals surface area contributed by atoms with Crippen molar-refractivity contribution in [2.75, 3.05) is 19.7 Å². The summed E-state index contributed by atoms with van der Waals surface area (Å²) in [5.74, 6) is 5.00. The van der Waals surface area contributed by atoms with E-state index in [9.17, 15) is 9.59 Å². The number of carbonyl (C=O) groups is 2. The molecule has 0 aliphatic carbocycles. The van der Waals surface area contributed by atoms with Crippen LogP contribution in [0.4, 0.5) is 0 Å². The van der Waals surface area contributed by atoms with Gasteiger partial charge >= 0.3 is 0 Å². The molecule has 0 aliphatic rings. The molecule has 112 valence electrons. The van der Waals surface area contributed by atoms with Crippen molar-refractivity contribution >= 4 is 11.8 Å². The van der Waals surface area contributed by atoms with E-state index in [0.717, 1.165) is 5.56 Å². The van der Waals surface area contributed by atoms with E-state index in [1.165, 1.54) is 0 Å². The van der Waals surface area contributed by atoms with E-state index in [-0.39, 0.29) is 31.4 Å². The number of benzene rings is 1. The molecule has 0 saturated carbocycles. The first-order valence-corrected chi connectivity index (χ1v) is 6.83. The molecule has 3 N–H and O–H groups in total. The molecule has 0 saturated heterocycles. The summed E-state index contributed by atoms with van der Waals surface area (Å²) >= 11 is 0. The van der Waals surface area contributed by atoms with Crippen molar-refractivity contribution in [3.8, 4) is 11.8 Å². The fourth-order valence-electron chi connectivity index (χ4n) is 1.81. The lowest BCUT2D eigenvalue weighted by molar-refractivity contribution is -0.120. The van der Waals surface area contributed by atoms with Crippen LogP contribution in [0.25, 0.3) is 0 Å². The average Bonchev–Trinajstić information content (AvgIpc) is 2.44. The third-order valence-electron chi connectivity index (χ3n) is 2.66. The van der Waals surface area contributed by atoms with Crippen molar-refractivity contribution < 1.29 is 14.7 Å². The molecule has 0 bridgehead atoms. The molecular weight excluding hydrogens is 268 g/mol. The van der Waals surface area contributed by atoms with Crippen LogP contribution in [0.3, 0.4) is 0 Å². The van der Waals surface area contributed by atoms with Crippen LogP contribution in [-0.2, 0) is 4.79 Å². The Morgan fingerprint density at radius 2 is 2.00 bits per heavy atom. The van der Waals surface area contributed by atoms with Crippen LogP contribution in [0, 0.1) is 18.8 Å². The number of aliphatic hydroxyl groups excluding tert-OH is 1. The Balaban J connectivity index is 2.65. The molecule has 0 unspecified atom stereocenters. The first-order valence-electron chi connectivity index (χ1n) is 6.83. The number of aliphatic hydroxyl groups is 1. The summed E-state index contributed by atoms with van der Waals surface area (Å²) in [5.41, 5.74) is 2.08. The molecule has 0 aromatic heterocycles. The molecule has 0 heterocycles. The predicted octanol–water partition coefficient (Wildman–Crippen LogP) is 0.595. The zero-order chi connectivity index (χ0) is 15.7. The largest absolute Gasteiger partial charge is 0.384 e. The number of nitrogens with one attached hydrogen (secondary N) is 2. The molecule has 21 heavy (non-hydrogen) atoms. The third-order valence-corrected chi connectivity index (χ3v) is 2.66. The van der Waals surface area contributed by atoms with Crippen LogP contribution < -0.4 is 10.6 Å². The second-order valence-electron chi connectivity index (χ2n) is 4.51. The lowest BCUT2D eigenvalue weighted by Crippen LogP contribution is -2.30. The standard InChI is InChI=1S/C16H20N2O3/c1-3-17-15(20)6-7-18-16(21)14-10-12(2)9-13(11-14)5-4-8-19/h9-11,19H,3,6-8H2,1-2H3,(H,17,20)(H,18,21). The Kier molecular flexibility index (Phi) is 6.99. The molecule has 1 aromatic rings. The van der Waals surface area contributed by atoms with Gasteiger partial charge in [0.05, 0.1) is 0 Å². The zero-order valence-corrected chi connectivity index (χ0v) is 12.3. The van der Waals surface area contributed by atoms with Gasteiger partial charge in [-0.25, -0.2) is 0 Å². The van der Waals surface area contributed by atoms with E-state index in [1.807, 2.05) is 19.9 Å². The Morgan fingerprint density at radius 3 is 2.67 bits per heavy atom. The minimum Gasteiger partial charge on any atom is -0.384 e. The highest BCUT2D eigenvalue weighted by molar-refractivity contribution is 5.95. The summed E-state index contributed by atoms with van der Waals surface area (Å²) < 4.78 is 0. The van der Waals surface area contributed by atoms with Crippen molar-refractivity contribution in [1.82, 2.24) is 10.6 Å². The molecular formula is C16H20N2O3. The van der Waals surface area contributed by atoms with Gasteiger partial charge in [0.2, 0.25) is 5.91 Å². The lowest BCUT2D eigenvalue weighted by Gasteiger charge is -2.07. The number of amides is 2. The van der Waals surface area contributed by atoms with Crippen molar-refractivity contribution in [3.63, 3.8) is 0 Å². The summed E-state index contributed by atoms with van der Waals surface area (Å²) in [6.07, 6.45) is 0.253. The normalized spacial score (nSPS) is 9.48. The topological polar surface area (TPSA) is 78.4 Å². The maximum absolute atomic E-state index is 12.0. The molecule has 0 spiro atoms. The quantitative estimate of drug-likeness (QED) is 0.694. The van der Waals surface area contributed by atoms with E-state index < -0.39 is 0 Å². The van der Waals surface area contributed by atoms with Gasteiger partial charge in [0, 0.05) is 30.6 Å². The van der Waals surface area contributed by atoms with E-state index in [4.69, 9.17) is 5.11 Å². The first kappa shape index (κ1) is 16.7. The molecule has 0 fully saturated rings. The van der Waals surface area contributed by atoms with Gasteiger partial charge in [0.15, 0.2) is 0 Å². The van der Waals surface area contributed by atoms with E-state index >= 15 is 0 Å². The Labute approximate surface area is 124 Å². The SMILES string of the molecule is CCNC(=O)CCNC(=O)c1cc(C)cc(C#CCO)c1. The van der Waals surface area contributed by atoms with Crippen LogP contribution in [-0.4, -0.2) is 36.6 Å². The van der Waals surface area contributed by atoms with Crippen LogP contribution in [0.5, 0.6) is 0 Å². The molecule has 2 amide bonds. The second-order valence-corrected chi connectivity index (χ2v) is 4.51. The molecule has 0 aliphatic heterocycles. The van der Waals surface area contributed by atoms with Crippen LogP contribution >= 0.6 is 0 Å². The summed E-state index contributed by atoms with van der Waals surface area (Å²) in [5, 5.41) is 14.1. The van der Waals surface area contributed by atoms with Gasteiger partial charge < -0.3 is 15.7 Å². The minimum absolute atomic E-state index is 0.0865. The Morgan fingerprint density at radius 1 is 1.24 bits per heavy atom. The fraction of sp³-hybridized carbons (Fsp3) is 0.375. The number of aryl methyl sites for hydroxylation is 1. The smallest absolute Gasteiger partial charge is 0.251 e. The number of carbonyl (C=O) groups excluding carboxylic acids is 2. The summed E-state index contributed by atoms with van der Waals surface area (Å²) in [6, 6.07) is 5.26. The molecule has 5 heteroatoms.